The monoisotopic (exact) mass is 493 g/mol. The highest BCUT2D eigenvalue weighted by Crippen LogP contribution is 2.25. The van der Waals surface area contributed by atoms with E-state index in [0.717, 1.165) is 22.3 Å². The molecule has 0 spiro atoms. The molecule has 8 nitrogen and oxygen atoms in total. The number of carbonyl (C=O) groups is 1. The first kappa shape index (κ1) is 22.5. The average Bonchev–Trinajstić information content (AvgIpc) is 3.52. The molecule has 174 valence electrons. The highest BCUT2D eigenvalue weighted by molar-refractivity contribution is 7.92. The summed E-state index contributed by atoms with van der Waals surface area (Å²) in [5.74, 6) is 0.583. The molecule has 0 N–H and O–H groups in total. The molecular weight excluding hydrogens is 470 g/mol. The Morgan fingerprint density at radius 2 is 1.74 bits per heavy atom. The molecule has 1 fully saturated rings. The van der Waals surface area contributed by atoms with Crippen LogP contribution in [-0.4, -0.2) is 64.2 Å². The molecule has 1 amide bonds. The molecule has 0 atom stereocenters. The molecule has 34 heavy (non-hydrogen) atoms. The summed E-state index contributed by atoms with van der Waals surface area (Å²) in [6.07, 6.45) is 1.59. The summed E-state index contributed by atoms with van der Waals surface area (Å²) in [6.45, 7) is 1.33. The third-order valence-electron chi connectivity index (χ3n) is 5.79. The second kappa shape index (κ2) is 9.49. The minimum atomic E-state index is -3.55. The molecule has 2 aromatic heterocycles. The van der Waals surface area contributed by atoms with Crippen molar-refractivity contribution in [3.8, 4) is 11.5 Å². The second-order valence-corrected chi connectivity index (χ2v) is 10.5. The topological polar surface area (TPSA) is 88.4 Å². The van der Waals surface area contributed by atoms with E-state index < -0.39 is 10.0 Å². The van der Waals surface area contributed by atoms with E-state index in [2.05, 4.69) is 9.97 Å². The Balaban J connectivity index is 1.28. The lowest BCUT2D eigenvalue weighted by Crippen LogP contribution is -2.50. The predicted molar refractivity (Wildman–Crippen MR) is 133 cm³/mol. The molecule has 0 aliphatic carbocycles. The Kier molecular flexibility index (Phi) is 6.27. The van der Waals surface area contributed by atoms with Gasteiger partial charge in [-0.05, 0) is 23.8 Å². The smallest absolute Gasteiger partial charge is 0.242 e. The molecule has 5 rings (SSSR count). The number of para-hydroxylation sites is 2. The van der Waals surface area contributed by atoms with Crippen LogP contribution in [0.2, 0.25) is 0 Å². The fourth-order valence-corrected chi connectivity index (χ4v) is 5.70. The number of piperazine rings is 1. The Bertz CT molecular complexity index is 1420. The number of benzene rings is 2. The number of amides is 1. The van der Waals surface area contributed by atoms with E-state index >= 15 is 0 Å². The van der Waals surface area contributed by atoms with Gasteiger partial charge in [0, 0.05) is 37.0 Å². The van der Waals surface area contributed by atoms with Crippen LogP contribution in [0.25, 0.3) is 28.6 Å². The molecule has 0 radical (unpaired) electrons. The minimum Gasteiger partial charge on any atom is -0.339 e. The van der Waals surface area contributed by atoms with Crippen molar-refractivity contribution in [3.63, 3.8) is 0 Å². The minimum absolute atomic E-state index is 0.0727. The number of hydrogen-bond donors (Lipinski definition) is 0. The standard InChI is InChI=1S/C24H23N5O3S2/c30-23(16-29-22-9-5-4-8-20(22)26-24(29)21-17-33-18-25-21)27-11-13-28(14-12-27)34(31,32)15-10-19-6-2-1-3-7-19/h1-10,15,17-18H,11-14,16H2. The van der Waals surface area contributed by atoms with Gasteiger partial charge in [0.2, 0.25) is 15.9 Å². The number of carbonyl (C=O) groups excluding carboxylic acids is 1. The maximum Gasteiger partial charge on any atom is 0.242 e. The molecule has 3 heterocycles. The van der Waals surface area contributed by atoms with Gasteiger partial charge in [0.05, 0.1) is 16.5 Å². The summed E-state index contributed by atoms with van der Waals surface area (Å²) in [5, 5.41) is 3.15. The molecule has 1 saturated heterocycles. The maximum absolute atomic E-state index is 13.2. The molecule has 4 aromatic rings. The Labute approximate surface area is 201 Å². The summed E-state index contributed by atoms with van der Waals surface area (Å²) in [4.78, 5) is 23.9. The first-order valence-corrected chi connectivity index (χ1v) is 13.3. The van der Waals surface area contributed by atoms with Gasteiger partial charge in [-0.25, -0.2) is 18.4 Å². The van der Waals surface area contributed by atoms with Crippen LogP contribution in [0.15, 0.2) is 70.9 Å². The van der Waals surface area contributed by atoms with Gasteiger partial charge >= 0.3 is 0 Å². The summed E-state index contributed by atoms with van der Waals surface area (Å²) in [5.41, 5.74) is 4.97. The maximum atomic E-state index is 13.2. The molecule has 1 aliphatic rings. The first-order chi connectivity index (χ1) is 16.5. The van der Waals surface area contributed by atoms with Gasteiger partial charge in [0.15, 0.2) is 5.82 Å². The quantitative estimate of drug-likeness (QED) is 0.411. The van der Waals surface area contributed by atoms with E-state index in [-0.39, 0.29) is 25.5 Å². The Morgan fingerprint density at radius 1 is 1.00 bits per heavy atom. The van der Waals surface area contributed by atoms with Crippen molar-refractivity contribution in [2.75, 3.05) is 26.2 Å². The fraction of sp³-hybridized carbons (Fsp3) is 0.208. The number of imidazole rings is 1. The number of hydrogen-bond acceptors (Lipinski definition) is 6. The lowest BCUT2D eigenvalue weighted by molar-refractivity contribution is -0.132. The first-order valence-electron chi connectivity index (χ1n) is 10.9. The van der Waals surface area contributed by atoms with Gasteiger partial charge in [-0.1, -0.05) is 42.5 Å². The van der Waals surface area contributed by atoms with Crippen molar-refractivity contribution in [2.45, 2.75) is 6.54 Å². The molecular formula is C24H23N5O3S2. The lowest BCUT2D eigenvalue weighted by Gasteiger charge is -2.33. The van der Waals surface area contributed by atoms with Gasteiger partial charge in [-0.2, -0.15) is 4.31 Å². The van der Waals surface area contributed by atoms with E-state index in [1.54, 1.807) is 16.5 Å². The summed E-state index contributed by atoms with van der Waals surface area (Å²) >= 11 is 1.48. The normalized spacial score (nSPS) is 15.4. The van der Waals surface area contributed by atoms with E-state index in [0.29, 0.717) is 18.9 Å². The van der Waals surface area contributed by atoms with Gasteiger partial charge in [0.25, 0.3) is 0 Å². The zero-order valence-electron chi connectivity index (χ0n) is 18.3. The van der Waals surface area contributed by atoms with Crippen LogP contribution in [0.4, 0.5) is 0 Å². The van der Waals surface area contributed by atoms with Crippen molar-refractivity contribution in [1.82, 2.24) is 23.7 Å². The van der Waals surface area contributed by atoms with Crippen LogP contribution in [0.5, 0.6) is 0 Å². The van der Waals surface area contributed by atoms with Crippen molar-refractivity contribution in [2.24, 2.45) is 0 Å². The average molecular weight is 494 g/mol. The molecule has 0 bridgehead atoms. The molecule has 2 aromatic carbocycles. The van der Waals surface area contributed by atoms with Crippen LogP contribution in [0.1, 0.15) is 5.56 Å². The van der Waals surface area contributed by atoms with E-state index in [1.807, 2.05) is 64.5 Å². The number of thiazole rings is 1. The van der Waals surface area contributed by atoms with Crippen LogP contribution in [0.3, 0.4) is 0 Å². The Morgan fingerprint density at radius 3 is 2.47 bits per heavy atom. The van der Waals surface area contributed by atoms with E-state index in [1.165, 1.54) is 21.1 Å². The number of sulfonamides is 1. The fourth-order valence-electron chi connectivity index (χ4n) is 4.00. The third kappa shape index (κ3) is 4.65. The predicted octanol–water partition coefficient (Wildman–Crippen LogP) is 3.30. The zero-order valence-corrected chi connectivity index (χ0v) is 20.0. The van der Waals surface area contributed by atoms with Crippen molar-refractivity contribution in [1.29, 1.82) is 0 Å². The van der Waals surface area contributed by atoms with Crippen LogP contribution >= 0.6 is 11.3 Å². The van der Waals surface area contributed by atoms with E-state index in [4.69, 9.17) is 0 Å². The van der Waals surface area contributed by atoms with Crippen molar-refractivity contribution >= 4 is 44.4 Å². The molecule has 10 heteroatoms. The van der Waals surface area contributed by atoms with Crippen LogP contribution < -0.4 is 0 Å². The summed E-state index contributed by atoms with van der Waals surface area (Å²) < 4.78 is 28.8. The Hall–Kier alpha value is -3.34. The van der Waals surface area contributed by atoms with Crippen LogP contribution in [0, 0.1) is 0 Å². The molecule has 0 unspecified atom stereocenters. The zero-order chi connectivity index (χ0) is 23.5. The van der Waals surface area contributed by atoms with Gasteiger partial charge in [-0.15, -0.1) is 11.3 Å². The highest BCUT2D eigenvalue weighted by Gasteiger charge is 2.28. The molecule has 1 aliphatic heterocycles. The molecule has 0 saturated carbocycles. The SMILES string of the molecule is O=C(Cn1c(-c2cscn2)nc2ccccc21)N1CCN(S(=O)(=O)C=Cc2ccccc2)CC1. The number of nitrogens with zero attached hydrogens (tertiary/aromatic N) is 5. The van der Waals surface area contributed by atoms with Crippen molar-refractivity contribution < 1.29 is 13.2 Å². The largest absolute Gasteiger partial charge is 0.339 e. The van der Waals surface area contributed by atoms with Gasteiger partial charge < -0.3 is 9.47 Å². The number of rotatable bonds is 6. The van der Waals surface area contributed by atoms with Crippen molar-refractivity contribution in [3.05, 3.63) is 76.5 Å². The summed E-state index contributed by atoms with van der Waals surface area (Å²) in [6, 6.07) is 17.0. The number of aromatic nitrogens is 3. The van der Waals surface area contributed by atoms with Gasteiger partial charge in [-0.3, -0.25) is 4.79 Å². The number of fused-ring (bicyclic) bond motifs is 1. The lowest BCUT2D eigenvalue weighted by atomic mass is 10.2. The van der Waals surface area contributed by atoms with Crippen LogP contribution in [-0.2, 0) is 21.4 Å². The second-order valence-electron chi connectivity index (χ2n) is 7.92. The third-order valence-corrected chi connectivity index (χ3v) is 7.94. The van der Waals surface area contributed by atoms with Gasteiger partial charge in [0.1, 0.15) is 12.2 Å². The highest BCUT2D eigenvalue weighted by atomic mass is 32.2. The van der Waals surface area contributed by atoms with E-state index in [9.17, 15) is 13.2 Å². The summed E-state index contributed by atoms with van der Waals surface area (Å²) in [7, 11) is -3.55.